The van der Waals surface area contributed by atoms with E-state index in [-0.39, 0.29) is 5.56 Å². The van der Waals surface area contributed by atoms with E-state index in [2.05, 4.69) is 9.97 Å². The van der Waals surface area contributed by atoms with E-state index in [9.17, 15) is 14.7 Å². The Bertz CT molecular complexity index is 491. The smallest absolute Gasteiger partial charge is 0.336 e. The predicted octanol–water partition coefficient (Wildman–Crippen LogP) is -0.160. The van der Waals surface area contributed by atoms with Gasteiger partial charge in [-0.05, 0) is 0 Å². The van der Waals surface area contributed by atoms with Gasteiger partial charge in [0.25, 0.3) is 5.56 Å². The lowest BCUT2D eigenvalue weighted by Crippen LogP contribution is -2.51. The van der Waals surface area contributed by atoms with Gasteiger partial charge in [-0.1, -0.05) is 0 Å². The van der Waals surface area contributed by atoms with Crippen molar-refractivity contribution >= 4 is 11.8 Å². The third-order valence-electron chi connectivity index (χ3n) is 3.34. The molecule has 7 heteroatoms. The van der Waals surface area contributed by atoms with Crippen molar-refractivity contribution in [3.05, 3.63) is 22.7 Å². The van der Waals surface area contributed by atoms with Gasteiger partial charge < -0.3 is 19.7 Å². The van der Waals surface area contributed by atoms with Crippen molar-refractivity contribution in [3.8, 4) is 0 Å². The molecule has 0 radical (unpaired) electrons. The van der Waals surface area contributed by atoms with Crippen LogP contribution in [0.5, 0.6) is 0 Å². The summed E-state index contributed by atoms with van der Waals surface area (Å²) in [5.74, 6) is -0.377. The van der Waals surface area contributed by atoms with Gasteiger partial charge in [0.15, 0.2) is 5.60 Å². The van der Waals surface area contributed by atoms with E-state index < -0.39 is 11.6 Å². The van der Waals surface area contributed by atoms with Gasteiger partial charge in [-0.2, -0.15) is 0 Å². The summed E-state index contributed by atoms with van der Waals surface area (Å²) in [6.45, 7) is 0.993. The summed E-state index contributed by atoms with van der Waals surface area (Å²) in [5, 5.41) is 9.18. The van der Waals surface area contributed by atoms with Crippen molar-refractivity contribution < 1.29 is 14.6 Å². The van der Waals surface area contributed by atoms with Crippen molar-refractivity contribution in [1.82, 2.24) is 9.97 Å². The highest BCUT2D eigenvalue weighted by atomic mass is 16.5. The maximum atomic E-state index is 11.2. The molecule has 18 heavy (non-hydrogen) atoms. The Balaban J connectivity index is 2.11. The molecule has 2 rings (SSSR count). The molecule has 0 aliphatic carbocycles. The second-order valence-electron chi connectivity index (χ2n) is 4.26. The highest BCUT2D eigenvalue weighted by molar-refractivity contribution is 5.78. The number of nitrogens with zero attached hydrogens (tertiary/aromatic N) is 2. The fourth-order valence-corrected chi connectivity index (χ4v) is 2.13. The zero-order chi connectivity index (χ0) is 13.2. The quantitative estimate of drug-likeness (QED) is 0.777. The lowest BCUT2D eigenvalue weighted by atomic mass is 9.91. The van der Waals surface area contributed by atoms with Crippen molar-refractivity contribution in [2.45, 2.75) is 18.4 Å². The number of carboxylic acid groups (broad SMARTS) is 1. The number of H-pyrrole nitrogens is 1. The van der Waals surface area contributed by atoms with E-state index in [0.29, 0.717) is 31.7 Å². The third kappa shape index (κ3) is 2.21. The molecule has 2 heterocycles. The topological polar surface area (TPSA) is 95.5 Å². The average molecular weight is 253 g/mol. The fraction of sp³-hybridized carbons (Fsp3) is 0.545. The zero-order valence-corrected chi connectivity index (χ0v) is 10.0. The molecule has 0 saturated carbocycles. The van der Waals surface area contributed by atoms with E-state index >= 15 is 0 Å². The van der Waals surface area contributed by atoms with E-state index in [4.69, 9.17) is 4.74 Å². The van der Waals surface area contributed by atoms with E-state index in [1.54, 1.807) is 0 Å². The zero-order valence-electron chi connectivity index (χ0n) is 10.0. The maximum Gasteiger partial charge on any atom is 0.336 e. The summed E-state index contributed by atoms with van der Waals surface area (Å²) in [7, 11) is 1.41. The molecule has 1 aromatic rings. The minimum absolute atomic E-state index is 0.221. The first-order chi connectivity index (χ1) is 8.57. The number of methoxy groups -OCH3 is 1. The molecule has 0 aromatic carbocycles. The van der Waals surface area contributed by atoms with Crippen LogP contribution in [0.15, 0.2) is 17.2 Å². The van der Waals surface area contributed by atoms with Gasteiger partial charge in [-0.3, -0.25) is 4.79 Å². The number of hydrogen-bond acceptors (Lipinski definition) is 5. The lowest BCUT2D eigenvalue weighted by Gasteiger charge is -2.38. The summed E-state index contributed by atoms with van der Waals surface area (Å²) < 4.78 is 5.13. The molecular weight excluding hydrogens is 238 g/mol. The van der Waals surface area contributed by atoms with Crippen LogP contribution in [0, 0.1) is 0 Å². The van der Waals surface area contributed by atoms with Gasteiger partial charge in [0.1, 0.15) is 5.82 Å². The van der Waals surface area contributed by atoms with E-state index in [1.807, 2.05) is 4.90 Å². The van der Waals surface area contributed by atoms with Crippen molar-refractivity contribution in [2.24, 2.45) is 0 Å². The predicted molar refractivity (Wildman–Crippen MR) is 63.7 cm³/mol. The third-order valence-corrected chi connectivity index (χ3v) is 3.34. The van der Waals surface area contributed by atoms with Gasteiger partial charge in [-0.25, -0.2) is 9.78 Å². The second kappa shape index (κ2) is 4.77. The van der Waals surface area contributed by atoms with Crippen LogP contribution in [0.1, 0.15) is 12.8 Å². The number of nitrogens with one attached hydrogen (secondary N) is 1. The van der Waals surface area contributed by atoms with Crippen molar-refractivity contribution in [1.29, 1.82) is 0 Å². The number of aromatic amines is 1. The van der Waals surface area contributed by atoms with Gasteiger partial charge in [-0.15, -0.1) is 0 Å². The Kier molecular flexibility index (Phi) is 3.33. The van der Waals surface area contributed by atoms with Crippen LogP contribution < -0.4 is 10.5 Å². The van der Waals surface area contributed by atoms with Crippen LogP contribution >= 0.6 is 0 Å². The number of rotatable bonds is 3. The number of ether oxygens (including phenoxy) is 1. The van der Waals surface area contributed by atoms with Crippen LogP contribution in [0.2, 0.25) is 0 Å². The molecule has 1 aliphatic heterocycles. The number of carbonyl (C=O) groups is 1. The first-order valence-electron chi connectivity index (χ1n) is 5.66. The standard InChI is InChI=1S/C11H15N3O4/c1-18-11(10(16)17)2-4-14(5-3-11)8-6-9(15)13-7-12-8/h6-7H,2-5H2,1H3,(H,16,17)(H,12,13,15). The molecule has 1 saturated heterocycles. The van der Waals surface area contributed by atoms with Crippen molar-refractivity contribution in [3.63, 3.8) is 0 Å². The Hall–Kier alpha value is -1.89. The molecular formula is C11H15N3O4. The number of piperidine rings is 1. The molecule has 7 nitrogen and oxygen atoms in total. The first-order valence-corrected chi connectivity index (χ1v) is 5.66. The number of anilines is 1. The number of carboxylic acids is 1. The van der Waals surface area contributed by atoms with Crippen LogP contribution in [0.25, 0.3) is 0 Å². The largest absolute Gasteiger partial charge is 0.479 e. The molecule has 0 unspecified atom stereocenters. The molecule has 1 fully saturated rings. The summed E-state index contributed by atoms with van der Waals surface area (Å²) in [5.41, 5.74) is -1.33. The summed E-state index contributed by atoms with van der Waals surface area (Å²) >= 11 is 0. The Morgan fingerprint density at radius 2 is 2.22 bits per heavy atom. The SMILES string of the molecule is COC1(C(=O)O)CCN(c2cc(=O)[nH]cn2)CC1. The molecule has 98 valence electrons. The summed E-state index contributed by atoms with van der Waals surface area (Å²) in [6, 6.07) is 1.40. The normalized spacial score (nSPS) is 18.6. The van der Waals surface area contributed by atoms with Crippen molar-refractivity contribution in [2.75, 3.05) is 25.1 Å². The molecule has 0 bridgehead atoms. The minimum Gasteiger partial charge on any atom is -0.479 e. The van der Waals surface area contributed by atoms with Gasteiger partial charge in [0.2, 0.25) is 0 Å². The molecule has 0 amide bonds. The van der Waals surface area contributed by atoms with E-state index in [0.717, 1.165) is 0 Å². The minimum atomic E-state index is -1.11. The monoisotopic (exact) mass is 253 g/mol. The maximum absolute atomic E-state index is 11.2. The van der Waals surface area contributed by atoms with E-state index in [1.165, 1.54) is 19.5 Å². The Labute approximate surface area is 103 Å². The molecule has 1 aromatic heterocycles. The highest BCUT2D eigenvalue weighted by Crippen LogP contribution is 2.27. The lowest BCUT2D eigenvalue weighted by molar-refractivity contribution is -0.164. The van der Waals surface area contributed by atoms with Gasteiger partial charge >= 0.3 is 5.97 Å². The summed E-state index contributed by atoms with van der Waals surface area (Å²) in [6.07, 6.45) is 2.08. The molecule has 0 spiro atoms. The average Bonchev–Trinajstić information content (AvgIpc) is 2.38. The second-order valence-corrected chi connectivity index (χ2v) is 4.26. The van der Waals surface area contributed by atoms with Crippen LogP contribution in [-0.2, 0) is 9.53 Å². The Morgan fingerprint density at radius 1 is 1.56 bits per heavy atom. The molecule has 0 atom stereocenters. The number of aromatic nitrogens is 2. The van der Waals surface area contributed by atoms with Crippen LogP contribution in [-0.4, -0.2) is 46.8 Å². The number of hydrogen-bond donors (Lipinski definition) is 2. The Morgan fingerprint density at radius 3 is 2.72 bits per heavy atom. The first kappa shape index (κ1) is 12.6. The number of aliphatic carboxylic acids is 1. The fourth-order valence-electron chi connectivity index (χ4n) is 2.13. The van der Waals surface area contributed by atoms with Crippen LogP contribution in [0.4, 0.5) is 5.82 Å². The van der Waals surface area contributed by atoms with Crippen LogP contribution in [0.3, 0.4) is 0 Å². The summed E-state index contributed by atoms with van der Waals surface area (Å²) in [4.78, 5) is 30.8. The van der Waals surface area contributed by atoms with Gasteiger partial charge in [0.05, 0.1) is 6.33 Å². The molecule has 2 N–H and O–H groups in total. The molecule has 1 aliphatic rings. The highest BCUT2D eigenvalue weighted by Gasteiger charge is 2.42. The van der Waals surface area contributed by atoms with Gasteiger partial charge in [0, 0.05) is 39.1 Å².